The standard InChI is InChI=1S/C12H12Cl2N2O3/c13-7-3-6(11(18)8(14)4-7)5-15-9-1-2-10(17)16-12(9)19/h3-4,9,15,18H,1-2,5H2,(H,16,17,19). The summed E-state index contributed by atoms with van der Waals surface area (Å²) in [5.41, 5.74) is 0.502. The summed E-state index contributed by atoms with van der Waals surface area (Å²) in [6.45, 7) is 0.235. The predicted molar refractivity (Wildman–Crippen MR) is 71.1 cm³/mol. The van der Waals surface area contributed by atoms with E-state index in [2.05, 4.69) is 10.6 Å². The van der Waals surface area contributed by atoms with E-state index in [1.165, 1.54) is 6.07 Å². The Bertz CT molecular complexity index is 534. The highest BCUT2D eigenvalue weighted by Gasteiger charge is 2.26. The van der Waals surface area contributed by atoms with Crippen LogP contribution in [-0.2, 0) is 16.1 Å². The first kappa shape index (κ1) is 14.1. The average molecular weight is 303 g/mol. The molecule has 0 aromatic heterocycles. The van der Waals surface area contributed by atoms with Gasteiger partial charge in [-0.05, 0) is 18.6 Å². The van der Waals surface area contributed by atoms with Gasteiger partial charge in [-0.1, -0.05) is 23.2 Å². The van der Waals surface area contributed by atoms with E-state index in [1.54, 1.807) is 6.07 Å². The minimum atomic E-state index is -0.463. The van der Waals surface area contributed by atoms with Crippen molar-refractivity contribution in [3.05, 3.63) is 27.7 Å². The molecule has 2 amide bonds. The van der Waals surface area contributed by atoms with Crippen molar-refractivity contribution in [3.63, 3.8) is 0 Å². The zero-order chi connectivity index (χ0) is 14.0. The van der Waals surface area contributed by atoms with Crippen molar-refractivity contribution in [2.24, 2.45) is 0 Å². The molecule has 0 radical (unpaired) electrons. The van der Waals surface area contributed by atoms with Crippen LogP contribution < -0.4 is 10.6 Å². The summed E-state index contributed by atoms with van der Waals surface area (Å²) < 4.78 is 0. The smallest absolute Gasteiger partial charge is 0.243 e. The van der Waals surface area contributed by atoms with Gasteiger partial charge >= 0.3 is 0 Å². The van der Waals surface area contributed by atoms with Gasteiger partial charge in [0.15, 0.2) is 0 Å². The number of rotatable bonds is 3. The molecule has 1 unspecified atom stereocenters. The number of aromatic hydroxyl groups is 1. The third kappa shape index (κ3) is 3.37. The molecule has 19 heavy (non-hydrogen) atoms. The van der Waals surface area contributed by atoms with Crippen molar-refractivity contribution in [2.75, 3.05) is 0 Å². The first-order chi connectivity index (χ1) is 8.97. The number of nitrogens with one attached hydrogen (secondary N) is 2. The van der Waals surface area contributed by atoms with Crippen LogP contribution in [0.3, 0.4) is 0 Å². The number of imide groups is 1. The number of hydrogen-bond acceptors (Lipinski definition) is 4. The quantitative estimate of drug-likeness (QED) is 0.741. The molecule has 1 aromatic carbocycles. The van der Waals surface area contributed by atoms with Crippen molar-refractivity contribution in [3.8, 4) is 5.75 Å². The van der Waals surface area contributed by atoms with Gasteiger partial charge in [-0.2, -0.15) is 0 Å². The SMILES string of the molecule is O=C1CCC(NCc2cc(Cl)cc(Cl)c2O)C(=O)N1. The summed E-state index contributed by atoms with van der Waals surface area (Å²) in [5.74, 6) is -0.688. The van der Waals surface area contributed by atoms with Crippen molar-refractivity contribution in [2.45, 2.75) is 25.4 Å². The summed E-state index contributed by atoms with van der Waals surface area (Å²) in [4.78, 5) is 22.5. The minimum Gasteiger partial charge on any atom is -0.506 e. The highest BCUT2D eigenvalue weighted by molar-refractivity contribution is 6.35. The van der Waals surface area contributed by atoms with Gasteiger partial charge in [0.2, 0.25) is 11.8 Å². The van der Waals surface area contributed by atoms with Crippen LogP contribution in [0, 0.1) is 0 Å². The predicted octanol–water partition coefficient (Wildman–Crippen LogP) is 1.59. The number of hydrogen-bond donors (Lipinski definition) is 3. The fraction of sp³-hybridized carbons (Fsp3) is 0.333. The number of halogens is 2. The lowest BCUT2D eigenvalue weighted by Crippen LogP contribution is -2.50. The topological polar surface area (TPSA) is 78.4 Å². The van der Waals surface area contributed by atoms with Crippen LogP contribution in [0.25, 0.3) is 0 Å². The summed E-state index contributed by atoms with van der Waals surface area (Å²) in [6.07, 6.45) is 0.728. The Hall–Kier alpha value is -1.30. The molecule has 0 spiro atoms. The van der Waals surface area contributed by atoms with Crippen LogP contribution in [0.5, 0.6) is 5.75 Å². The molecule has 0 bridgehead atoms. The van der Waals surface area contributed by atoms with Crippen LogP contribution in [-0.4, -0.2) is 23.0 Å². The Morgan fingerprint density at radius 1 is 1.37 bits per heavy atom. The van der Waals surface area contributed by atoms with Gasteiger partial charge in [0.05, 0.1) is 11.1 Å². The van der Waals surface area contributed by atoms with Gasteiger partial charge in [0, 0.05) is 23.6 Å². The molecule has 1 saturated heterocycles. The largest absolute Gasteiger partial charge is 0.506 e. The highest BCUT2D eigenvalue weighted by atomic mass is 35.5. The zero-order valence-corrected chi connectivity index (χ0v) is 11.4. The number of phenolic OH excluding ortho intramolecular Hbond substituents is 1. The maximum Gasteiger partial charge on any atom is 0.243 e. The molecule has 1 heterocycles. The Balaban J connectivity index is 2.03. The second-order valence-corrected chi connectivity index (χ2v) is 5.12. The van der Waals surface area contributed by atoms with E-state index in [-0.39, 0.29) is 29.1 Å². The third-order valence-electron chi connectivity index (χ3n) is 2.89. The molecule has 1 aliphatic rings. The molecule has 0 saturated carbocycles. The number of piperidine rings is 1. The monoisotopic (exact) mass is 302 g/mol. The van der Waals surface area contributed by atoms with E-state index in [0.717, 1.165) is 0 Å². The van der Waals surface area contributed by atoms with Gasteiger partial charge in [0.1, 0.15) is 5.75 Å². The van der Waals surface area contributed by atoms with Crippen LogP contribution in [0.15, 0.2) is 12.1 Å². The summed E-state index contributed by atoms with van der Waals surface area (Å²) in [7, 11) is 0. The van der Waals surface area contributed by atoms with E-state index >= 15 is 0 Å². The zero-order valence-electron chi connectivity index (χ0n) is 9.87. The third-order valence-corrected chi connectivity index (χ3v) is 3.39. The summed E-state index contributed by atoms with van der Waals surface area (Å²) in [6, 6.07) is 2.55. The first-order valence-corrected chi connectivity index (χ1v) is 6.47. The molecule has 3 N–H and O–H groups in total. The first-order valence-electron chi connectivity index (χ1n) is 5.71. The Morgan fingerprint density at radius 3 is 2.79 bits per heavy atom. The molecular weight excluding hydrogens is 291 g/mol. The van der Waals surface area contributed by atoms with Crippen LogP contribution in [0.2, 0.25) is 10.0 Å². The van der Waals surface area contributed by atoms with E-state index in [0.29, 0.717) is 23.4 Å². The molecule has 1 fully saturated rings. The van der Waals surface area contributed by atoms with Crippen LogP contribution >= 0.6 is 23.2 Å². The Labute approximate surface area is 119 Å². The van der Waals surface area contributed by atoms with Gasteiger partial charge < -0.3 is 10.4 Å². The van der Waals surface area contributed by atoms with Crippen molar-refractivity contribution >= 4 is 35.0 Å². The average Bonchev–Trinajstić information content (AvgIpc) is 2.33. The van der Waals surface area contributed by atoms with E-state index in [1.807, 2.05) is 0 Å². The number of phenols is 1. The van der Waals surface area contributed by atoms with Crippen LogP contribution in [0.1, 0.15) is 18.4 Å². The lowest BCUT2D eigenvalue weighted by atomic mass is 10.1. The normalized spacial score (nSPS) is 19.4. The molecule has 102 valence electrons. The molecule has 2 rings (SSSR count). The fourth-order valence-electron chi connectivity index (χ4n) is 1.88. The molecule has 5 nitrogen and oxygen atoms in total. The van der Waals surface area contributed by atoms with E-state index < -0.39 is 6.04 Å². The second kappa shape index (κ2) is 5.77. The van der Waals surface area contributed by atoms with E-state index in [4.69, 9.17) is 23.2 Å². The van der Waals surface area contributed by atoms with Gasteiger partial charge in [-0.3, -0.25) is 14.9 Å². The molecule has 1 aromatic rings. The second-order valence-electron chi connectivity index (χ2n) is 4.28. The Kier molecular flexibility index (Phi) is 4.29. The maximum absolute atomic E-state index is 11.5. The number of carbonyl (C=O) groups excluding carboxylic acids is 2. The molecular formula is C12H12Cl2N2O3. The highest BCUT2D eigenvalue weighted by Crippen LogP contribution is 2.31. The molecule has 1 aliphatic heterocycles. The van der Waals surface area contributed by atoms with Crippen LogP contribution in [0.4, 0.5) is 0 Å². The lowest BCUT2D eigenvalue weighted by Gasteiger charge is -2.22. The van der Waals surface area contributed by atoms with Gasteiger partial charge in [-0.15, -0.1) is 0 Å². The lowest BCUT2D eigenvalue weighted by molar-refractivity contribution is -0.134. The van der Waals surface area contributed by atoms with E-state index in [9.17, 15) is 14.7 Å². The fourth-order valence-corrected chi connectivity index (χ4v) is 2.41. The number of benzene rings is 1. The number of carbonyl (C=O) groups is 2. The van der Waals surface area contributed by atoms with Gasteiger partial charge in [-0.25, -0.2) is 0 Å². The van der Waals surface area contributed by atoms with Crippen molar-refractivity contribution < 1.29 is 14.7 Å². The molecule has 1 atom stereocenters. The van der Waals surface area contributed by atoms with Gasteiger partial charge in [0.25, 0.3) is 0 Å². The minimum absolute atomic E-state index is 0.0640. The molecule has 0 aliphatic carbocycles. The maximum atomic E-state index is 11.5. The van der Waals surface area contributed by atoms with Crippen molar-refractivity contribution in [1.29, 1.82) is 0 Å². The summed E-state index contributed by atoms with van der Waals surface area (Å²) >= 11 is 11.6. The number of amides is 2. The molecule has 7 heteroatoms. The summed E-state index contributed by atoms with van der Waals surface area (Å²) in [5, 5.41) is 15.5. The Morgan fingerprint density at radius 2 is 2.11 bits per heavy atom. The van der Waals surface area contributed by atoms with Crippen molar-refractivity contribution in [1.82, 2.24) is 10.6 Å².